The maximum atomic E-state index is 13.6. The van der Waals surface area contributed by atoms with Gasteiger partial charge in [-0.1, -0.05) is 31.5 Å². The number of halogens is 1. The van der Waals surface area contributed by atoms with Crippen molar-refractivity contribution in [3.8, 4) is 17.2 Å². The molecule has 280 valence electrons. The second-order valence-corrected chi connectivity index (χ2v) is 16.7. The van der Waals surface area contributed by atoms with Crippen LogP contribution >= 0.6 is 11.6 Å². The van der Waals surface area contributed by atoms with Gasteiger partial charge < -0.3 is 34.3 Å². The number of nitrogens with zero attached hydrogens (tertiary/aromatic N) is 2. The van der Waals surface area contributed by atoms with Gasteiger partial charge in [-0.2, -0.15) is 0 Å². The molecule has 52 heavy (non-hydrogen) atoms. The molecule has 1 aliphatic heterocycles. The number of nitrogens with one attached hydrogen (secondary N) is 1. The number of benzene rings is 2. The predicted molar refractivity (Wildman–Crippen MR) is 203 cm³/mol. The molecule has 2 aromatic carbocycles. The van der Waals surface area contributed by atoms with Crippen LogP contribution < -0.4 is 19.5 Å². The van der Waals surface area contributed by atoms with E-state index in [0.717, 1.165) is 79.3 Å². The summed E-state index contributed by atoms with van der Waals surface area (Å²) in [5.41, 5.74) is 4.24. The summed E-state index contributed by atoms with van der Waals surface area (Å²) in [4.78, 5) is 20.3. The van der Waals surface area contributed by atoms with Crippen LogP contribution in [-0.2, 0) is 21.4 Å². The van der Waals surface area contributed by atoms with E-state index in [4.69, 9.17) is 30.5 Å². The maximum Gasteiger partial charge on any atom is 0.331 e. The Morgan fingerprint density at radius 1 is 1.10 bits per heavy atom. The van der Waals surface area contributed by atoms with Crippen molar-refractivity contribution in [1.82, 2.24) is 9.88 Å². The third-order valence-corrected chi connectivity index (χ3v) is 12.4. The second-order valence-electron chi connectivity index (χ2n) is 16.2. The van der Waals surface area contributed by atoms with Crippen LogP contribution in [0.3, 0.4) is 0 Å². The van der Waals surface area contributed by atoms with Crippen molar-refractivity contribution in [3.05, 3.63) is 76.1 Å². The zero-order chi connectivity index (χ0) is 36.6. The predicted octanol–water partition coefficient (Wildman–Crippen LogP) is 7.73. The van der Waals surface area contributed by atoms with Gasteiger partial charge in [0.05, 0.1) is 38.7 Å². The fourth-order valence-electron chi connectivity index (χ4n) is 9.59. The molecule has 1 aromatic heterocycles. The van der Waals surface area contributed by atoms with Gasteiger partial charge in [0, 0.05) is 34.9 Å². The van der Waals surface area contributed by atoms with Crippen molar-refractivity contribution >= 4 is 23.3 Å². The first-order valence-electron chi connectivity index (χ1n) is 19.0. The number of aromatic nitrogens is 1. The van der Waals surface area contributed by atoms with Crippen LogP contribution in [0.15, 0.2) is 48.7 Å². The molecule has 0 radical (unpaired) electrons. The fraction of sp³-hybridized carbons (Fsp3) is 0.571. The maximum absolute atomic E-state index is 13.6. The number of aliphatic hydroxyl groups is 1. The third-order valence-electron chi connectivity index (χ3n) is 12.2. The SMILES string of the molecule is COC(=O)C1(Nc2cccc(Cl)c2)CCC2(CC1)c1cc3c(cc1C[C@@H]2C[C@@H](C)COc1ccnc2c1[C@H](C)CC[C@@H]2O)OCC(CN(C)C)CO3. The first-order chi connectivity index (χ1) is 25.0. The minimum absolute atomic E-state index is 0.153. The van der Waals surface area contributed by atoms with Crippen LogP contribution in [-0.4, -0.2) is 74.1 Å². The number of hydrogen-bond donors (Lipinski definition) is 2. The first kappa shape index (κ1) is 36.8. The smallest absolute Gasteiger partial charge is 0.331 e. The molecule has 3 aliphatic carbocycles. The minimum atomic E-state index is -0.862. The Kier molecular flexibility index (Phi) is 10.7. The van der Waals surface area contributed by atoms with Gasteiger partial charge >= 0.3 is 5.97 Å². The van der Waals surface area contributed by atoms with Gasteiger partial charge in [-0.05, 0) is 136 Å². The highest BCUT2D eigenvalue weighted by molar-refractivity contribution is 6.30. The molecule has 5 atom stereocenters. The highest BCUT2D eigenvalue weighted by Gasteiger charge is 2.55. The van der Waals surface area contributed by atoms with Crippen LogP contribution in [0.2, 0.25) is 5.02 Å². The van der Waals surface area contributed by atoms with Gasteiger partial charge in [0.15, 0.2) is 11.5 Å². The summed E-state index contributed by atoms with van der Waals surface area (Å²) in [6, 6.07) is 14.0. The Hall–Kier alpha value is -3.53. The van der Waals surface area contributed by atoms with Gasteiger partial charge in [0.25, 0.3) is 0 Å². The number of rotatable bonds is 10. The molecule has 0 saturated heterocycles. The highest BCUT2D eigenvalue weighted by Crippen LogP contribution is 2.58. The summed E-state index contributed by atoms with van der Waals surface area (Å²) in [6.07, 6.45) is 7.63. The normalized spacial score (nSPS) is 28.5. The van der Waals surface area contributed by atoms with E-state index in [2.05, 4.69) is 55.3 Å². The van der Waals surface area contributed by atoms with E-state index in [1.807, 2.05) is 30.3 Å². The lowest BCUT2D eigenvalue weighted by Crippen LogP contribution is -2.53. The van der Waals surface area contributed by atoms with Crippen molar-refractivity contribution < 1.29 is 28.8 Å². The lowest BCUT2D eigenvalue weighted by molar-refractivity contribution is -0.148. The average Bonchev–Trinajstić information content (AvgIpc) is 3.25. The molecular weight excluding hydrogens is 678 g/mol. The number of pyridine rings is 1. The summed E-state index contributed by atoms with van der Waals surface area (Å²) in [5, 5.41) is 14.8. The fourth-order valence-corrected chi connectivity index (χ4v) is 9.78. The minimum Gasteiger partial charge on any atom is -0.493 e. The molecule has 0 amide bonds. The van der Waals surface area contributed by atoms with Crippen LogP contribution in [0.4, 0.5) is 5.69 Å². The lowest BCUT2D eigenvalue weighted by atomic mass is 9.59. The van der Waals surface area contributed by atoms with Crippen LogP contribution in [0.25, 0.3) is 0 Å². The van der Waals surface area contributed by atoms with E-state index in [1.54, 1.807) is 6.20 Å². The number of carbonyl (C=O) groups excluding carboxylic acids is 1. The molecule has 1 fully saturated rings. The molecule has 4 aliphatic rings. The van der Waals surface area contributed by atoms with Gasteiger partial charge in [0.2, 0.25) is 0 Å². The number of ether oxygens (including phenoxy) is 4. The van der Waals surface area contributed by atoms with E-state index >= 15 is 0 Å². The molecule has 0 bridgehead atoms. The van der Waals surface area contributed by atoms with Crippen LogP contribution in [0.5, 0.6) is 17.2 Å². The number of esters is 1. The molecule has 2 heterocycles. The largest absolute Gasteiger partial charge is 0.493 e. The Morgan fingerprint density at radius 3 is 2.56 bits per heavy atom. The zero-order valence-corrected chi connectivity index (χ0v) is 32.0. The lowest BCUT2D eigenvalue weighted by Gasteiger charge is -2.47. The molecule has 1 spiro atoms. The molecule has 1 saturated carbocycles. The summed E-state index contributed by atoms with van der Waals surface area (Å²) in [5.74, 6) is 3.41. The number of anilines is 1. The summed E-state index contributed by atoms with van der Waals surface area (Å²) < 4.78 is 24.9. The van der Waals surface area contributed by atoms with E-state index in [0.29, 0.717) is 49.5 Å². The Morgan fingerprint density at radius 2 is 1.85 bits per heavy atom. The summed E-state index contributed by atoms with van der Waals surface area (Å²) in [7, 11) is 5.63. The Bertz CT molecular complexity index is 1760. The molecule has 10 heteroatoms. The molecule has 7 rings (SSSR count). The van der Waals surface area contributed by atoms with E-state index < -0.39 is 11.6 Å². The van der Waals surface area contributed by atoms with Crippen molar-refractivity contribution in [2.75, 3.05) is 52.9 Å². The molecule has 1 unspecified atom stereocenters. The van der Waals surface area contributed by atoms with Gasteiger partial charge in [0.1, 0.15) is 11.3 Å². The standard InChI is InChI=1S/C42H54ClN3O6/c1-26(23-50-35-11-16-44-39-34(47)10-9-27(2)38(35)39)17-30-18-29-19-36-37(52-25-28(24-51-36)22-46(3)4)21-33(29)41(30)12-14-42(15-13-41,40(48)49-5)45-32-8-6-7-31(43)20-32/h6-8,11,16,19-21,26-28,30,34,45,47H,9-10,12-15,17-18,22-25H2,1-5H3/t26-,27-,28?,30+,34+,41?,42?/m1/s1. The number of fused-ring (bicyclic) bond motifs is 4. The molecule has 9 nitrogen and oxygen atoms in total. The van der Waals surface area contributed by atoms with E-state index in [9.17, 15) is 9.90 Å². The monoisotopic (exact) mass is 731 g/mol. The third kappa shape index (κ3) is 7.21. The van der Waals surface area contributed by atoms with E-state index in [-0.39, 0.29) is 23.2 Å². The first-order valence-corrected chi connectivity index (χ1v) is 19.4. The highest BCUT2D eigenvalue weighted by atomic mass is 35.5. The van der Waals surface area contributed by atoms with Crippen LogP contribution in [0.1, 0.15) is 93.2 Å². The molecule has 2 N–H and O–H groups in total. The number of hydrogen-bond acceptors (Lipinski definition) is 9. The van der Waals surface area contributed by atoms with Gasteiger partial charge in [-0.25, -0.2) is 4.79 Å². The molecule has 3 aromatic rings. The average molecular weight is 732 g/mol. The number of aliphatic hydroxyl groups excluding tert-OH is 1. The Labute approximate surface area is 313 Å². The topological polar surface area (TPSA) is 102 Å². The van der Waals surface area contributed by atoms with Gasteiger partial charge in [-0.15, -0.1) is 0 Å². The Balaban J connectivity index is 1.16. The second kappa shape index (κ2) is 15.1. The number of methoxy groups -OCH3 is 1. The van der Waals surface area contributed by atoms with Crippen molar-refractivity contribution in [3.63, 3.8) is 0 Å². The van der Waals surface area contributed by atoms with Crippen LogP contribution in [0, 0.1) is 17.8 Å². The zero-order valence-electron chi connectivity index (χ0n) is 31.3. The van der Waals surface area contributed by atoms with Crippen molar-refractivity contribution in [1.29, 1.82) is 0 Å². The quantitative estimate of drug-likeness (QED) is 0.203. The van der Waals surface area contributed by atoms with Crippen molar-refractivity contribution in [2.45, 2.75) is 88.2 Å². The summed E-state index contributed by atoms with van der Waals surface area (Å²) in [6.45, 7) is 7.17. The summed E-state index contributed by atoms with van der Waals surface area (Å²) >= 11 is 6.35. The van der Waals surface area contributed by atoms with Gasteiger partial charge in [-0.3, -0.25) is 4.98 Å². The van der Waals surface area contributed by atoms with E-state index in [1.165, 1.54) is 18.2 Å². The number of carbonyl (C=O) groups is 1. The molecular formula is C42H54ClN3O6. The van der Waals surface area contributed by atoms with Crippen molar-refractivity contribution in [2.24, 2.45) is 17.8 Å².